The van der Waals surface area contributed by atoms with Crippen LogP contribution >= 0.6 is 23.2 Å². The van der Waals surface area contributed by atoms with Crippen LogP contribution in [0.1, 0.15) is 22.4 Å². The van der Waals surface area contributed by atoms with Crippen molar-refractivity contribution in [3.8, 4) is 0 Å². The van der Waals surface area contributed by atoms with Gasteiger partial charge in [-0.3, -0.25) is 4.79 Å². The first-order valence-corrected chi connectivity index (χ1v) is 10.9. The number of halogens is 2. The van der Waals surface area contributed by atoms with Crippen molar-refractivity contribution < 1.29 is 14.7 Å². The standard InChI is InChI=1S/C23H23Cl2N3O3/c1-13-4-3-5-17(14(13)2)26-20(29)12-28-18-9-11-27(23(30)31)10-8-15(18)21-19(28)7-6-16(24)22(21)25/h3-7H,8-12H2,1-2H3,(H,26,29)(H,30,31). The summed E-state index contributed by atoms with van der Waals surface area (Å²) in [5, 5.41) is 14.1. The van der Waals surface area contributed by atoms with Crippen molar-refractivity contribution in [1.29, 1.82) is 0 Å². The molecule has 4 rings (SSSR count). The second kappa shape index (κ2) is 8.44. The van der Waals surface area contributed by atoms with Crippen LogP contribution in [-0.2, 0) is 24.2 Å². The van der Waals surface area contributed by atoms with Crippen LogP contribution in [0.15, 0.2) is 30.3 Å². The lowest BCUT2D eigenvalue weighted by molar-refractivity contribution is -0.116. The van der Waals surface area contributed by atoms with Crippen LogP contribution in [0, 0.1) is 13.8 Å². The molecule has 2 aromatic carbocycles. The van der Waals surface area contributed by atoms with Crippen molar-refractivity contribution in [3.05, 3.63) is 62.8 Å². The largest absolute Gasteiger partial charge is 0.465 e. The minimum absolute atomic E-state index is 0.101. The third kappa shape index (κ3) is 3.98. The highest BCUT2D eigenvalue weighted by molar-refractivity contribution is 6.45. The molecule has 2 amide bonds. The van der Waals surface area contributed by atoms with Crippen LogP contribution in [0.5, 0.6) is 0 Å². The summed E-state index contributed by atoms with van der Waals surface area (Å²) in [5.41, 5.74) is 5.64. The van der Waals surface area contributed by atoms with E-state index in [2.05, 4.69) is 5.32 Å². The predicted octanol–water partition coefficient (Wildman–Crippen LogP) is 5.28. The summed E-state index contributed by atoms with van der Waals surface area (Å²) < 4.78 is 1.94. The van der Waals surface area contributed by atoms with Gasteiger partial charge in [0.15, 0.2) is 0 Å². The number of amides is 2. The summed E-state index contributed by atoms with van der Waals surface area (Å²) >= 11 is 12.8. The van der Waals surface area contributed by atoms with Gasteiger partial charge in [0.05, 0.1) is 15.6 Å². The first kappa shape index (κ1) is 21.5. The smallest absolute Gasteiger partial charge is 0.407 e. The number of nitrogens with zero attached hydrogens (tertiary/aromatic N) is 2. The molecule has 2 heterocycles. The quantitative estimate of drug-likeness (QED) is 0.559. The van der Waals surface area contributed by atoms with Crippen molar-refractivity contribution in [2.45, 2.75) is 33.2 Å². The number of aromatic nitrogens is 1. The Kier molecular flexibility index (Phi) is 5.86. The monoisotopic (exact) mass is 459 g/mol. The van der Waals surface area contributed by atoms with Crippen LogP contribution < -0.4 is 5.32 Å². The molecule has 8 heteroatoms. The minimum atomic E-state index is -0.946. The van der Waals surface area contributed by atoms with Gasteiger partial charge >= 0.3 is 6.09 Å². The van der Waals surface area contributed by atoms with E-state index in [1.54, 1.807) is 6.07 Å². The highest BCUT2D eigenvalue weighted by Gasteiger charge is 2.26. The van der Waals surface area contributed by atoms with E-state index in [0.29, 0.717) is 36.0 Å². The van der Waals surface area contributed by atoms with E-state index in [-0.39, 0.29) is 12.5 Å². The van der Waals surface area contributed by atoms with Crippen molar-refractivity contribution in [2.24, 2.45) is 0 Å². The summed E-state index contributed by atoms with van der Waals surface area (Å²) in [6, 6.07) is 9.41. The Morgan fingerprint density at radius 3 is 2.58 bits per heavy atom. The van der Waals surface area contributed by atoms with E-state index < -0.39 is 6.09 Å². The Balaban J connectivity index is 1.74. The maximum Gasteiger partial charge on any atom is 0.407 e. The minimum Gasteiger partial charge on any atom is -0.465 e. The summed E-state index contributed by atoms with van der Waals surface area (Å²) in [6.45, 7) is 4.82. The van der Waals surface area contributed by atoms with Crippen LogP contribution in [-0.4, -0.2) is 39.7 Å². The fourth-order valence-corrected chi connectivity index (χ4v) is 4.68. The molecule has 0 unspecified atom stereocenters. The van der Waals surface area contributed by atoms with Gasteiger partial charge in [0, 0.05) is 36.3 Å². The van der Waals surface area contributed by atoms with Gasteiger partial charge in [-0.15, -0.1) is 0 Å². The number of carboxylic acid groups (broad SMARTS) is 1. The molecule has 0 bridgehead atoms. The molecule has 31 heavy (non-hydrogen) atoms. The zero-order chi connectivity index (χ0) is 22.3. The number of anilines is 1. The summed E-state index contributed by atoms with van der Waals surface area (Å²) in [7, 11) is 0. The zero-order valence-electron chi connectivity index (χ0n) is 17.3. The Labute approximate surface area is 190 Å². The number of carbonyl (C=O) groups is 2. The number of nitrogens with one attached hydrogen (secondary N) is 1. The number of hydrogen-bond donors (Lipinski definition) is 2. The van der Waals surface area contributed by atoms with Gasteiger partial charge in [-0.2, -0.15) is 0 Å². The molecule has 0 atom stereocenters. The Bertz CT molecular complexity index is 1200. The number of rotatable bonds is 3. The molecule has 0 radical (unpaired) electrons. The first-order valence-electron chi connectivity index (χ1n) is 10.1. The van der Waals surface area contributed by atoms with Gasteiger partial charge in [0.1, 0.15) is 6.54 Å². The fraction of sp³-hybridized carbons (Fsp3) is 0.304. The molecule has 162 valence electrons. The Hall–Kier alpha value is -2.70. The molecule has 1 aromatic heterocycles. The van der Waals surface area contributed by atoms with E-state index in [4.69, 9.17) is 23.2 Å². The average Bonchev–Trinajstić information content (AvgIpc) is 2.87. The highest BCUT2D eigenvalue weighted by atomic mass is 35.5. The maximum atomic E-state index is 13.0. The van der Waals surface area contributed by atoms with Gasteiger partial charge in [0.2, 0.25) is 5.91 Å². The molecule has 0 saturated heterocycles. The first-order chi connectivity index (χ1) is 14.8. The van der Waals surface area contributed by atoms with Gasteiger partial charge in [-0.1, -0.05) is 35.3 Å². The van der Waals surface area contributed by atoms with Gasteiger partial charge in [-0.05, 0) is 55.2 Å². The molecule has 1 aliphatic rings. The Morgan fingerprint density at radius 2 is 1.84 bits per heavy atom. The van der Waals surface area contributed by atoms with E-state index in [0.717, 1.165) is 39.0 Å². The van der Waals surface area contributed by atoms with Gasteiger partial charge in [0.25, 0.3) is 0 Å². The number of aryl methyl sites for hydroxylation is 1. The second-order valence-electron chi connectivity index (χ2n) is 7.83. The molecular formula is C23H23Cl2N3O3. The van der Waals surface area contributed by atoms with E-state index in [1.807, 2.05) is 42.7 Å². The molecule has 0 aliphatic carbocycles. The molecule has 0 saturated carbocycles. The van der Waals surface area contributed by atoms with Crippen molar-refractivity contribution in [1.82, 2.24) is 9.47 Å². The lowest BCUT2D eigenvalue weighted by atomic mass is 10.1. The van der Waals surface area contributed by atoms with Crippen molar-refractivity contribution in [3.63, 3.8) is 0 Å². The van der Waals surface area contributed by atoms with E-state index >= 15 is 0 Å². The summed E-state index contributed by atoms with van der Waals surface area (Å²) in [5.74, 6) is -0.154. The Morgan fingerprint density at radius 1 is 1.10 bits per heavy atom. The van der Waals surface area contributed by atoms with Crippen LogP contribution in [0.4, 0.5) is 10.5 Å². The number of benzene rings is 2. The average molecular weight is 460 g/mol. The summed E-state index contributed by atoms with van der Waals surface area (Å²) in [4.78, 5) is 25.9. The fourth-order valence-electron chi connectivity index (χ4n) is 4.25. The van der Waals surface area contributed by atoms with E-state index in [1.165, 1.54) is 4.90 Å². The van der Waals surface area contributed by atoms with Gasteiger partial charge < -0.3 is 19.9 Å². The lowest BCUT2D eigenvalue weighted by Crippen LogP contribution is -2.32. The second-order valence-corrected chi connectivity index (χ2v) is 8.62. The maximum absolute atomic E-state index is 13.0. The van der Waals surface area contributed by atoms with Crippen LogP contribution in [0.25, 0.3) is 10.9 Å². The lowest BCUT2D eigenvalue weighted by Gasteiger charge is -2.17. The van der Waals surface area contributed by atoms with E-state index in [9.17, 15) is 14.7 Å². The molecule has 0 spiro atoms. The van der Waals surface area contributed by atoms with Crippen LogP contribution in [0.3, 0.4) is 0 Å². The third-order valence-corrected chi connectivity index (χ3v) is 6.85. The predicted molar refractivity (Wildman–Crippen MR) is 124 cm³/mol. The molecule has 6 nitrogen and oxygen atoms in total. The number of hydrogen-bond acceptors (Lipinski definition) is 2. The molecule has 2 N–H and O–H groups in total. The number of fused-ring (bicyclic) bond motifs is 3. The summed E-state index contributed by atoms with van der Waals surface area (Å²) in [6.07, 6.45) is 0.0722. The topological polar surface area (TPSA) is 74.6 Å². The van der Waals surface area contributed by atoms with Gasteiger partial charge in [-0.25, -0.2) is 4.79 Å². The van der Waals surface area contributed by atoms with Crippen LogP contribution in [0.2, 0.25) is 10.0 Å². The molecular weight excluding hydrogens is 437 g/mol. The SMILES string of the molecule is Cc1cccc(NC(=O)Cn2c3c(c4c(Cl)c(Cl)ccc42)CCN(C(=O)O)CC3)c1C. The normalized spacial score (nSPS) is 13.7. The molecule has 1 aliphatic heterocycles. The zero-order valence-corrected chi connectivity index (χ0v) is 18.8. The van der Waals surface area contributed by atoms with Crippen molar-refractivity contribution >= 4 is 51.8 Å². The molecule has 3 aromatic rings. The highest BCUT2D eigenvalue weighted by Crippen LogP contribution is 2.38. The van der Waals surface area contributed by atoms with Crippen molar-refractivity contribution in [2.75, 3.05) is 18.4 Å². The molecule has 0 fully saturated rings. The number of carbonyl (C=O) groups excluding carboxylic acids is 1. The third-order valence-electron chi connectivity index (χ3n) is 6.04.